The number of hydrogen-bond acceptors (Lipinski definition) is 6. The number of amides is 3. The van der Waals surface area contributed by atoms with Crippen LogP contribution in [0, 0.1) is 11.8 Å². The van der Waals surface area contributed by atoms with Crippen LogP contribution in [-0.2, 0) is 10.2 Å². The van der Waals surface area contributed by atoms with Gasteiger partial charge in [0.15, 0.2) is 0 Å². The van der Waals surface area contributed by atoms with Crippen molar-refractivity contribution in [1.29, 1.82) is 0 Å². The first-order valence-corrected chi connectivity index (χ1v) is 10.9. The molecule has 156 valence electrons. The van der Waals surface area contributed by atoms with Gasteiger partial charge in [0, 0.05) is 30.4 Å². The molecule has 1 saturated heterocycles. The molecule has 7 nitrogen and oxygen atoms in total. The molecule has 3 aliphatic rings. The number of hydrogen-bond donors (Lipinski definition) is 0. The normalized spacial score (nSPS) is 27.3. The third-order valence-electron chi connectivity index (χ3n) is 6.40. The molecule has 1 aromatic heterocycles. The Morgan fingerprint density at radius 2 is 1.73 bits per heavy atom. The van der Waals surface area contributed by atoms with Gasteiger partial charge >= 0.3 is 6.09 Å². The van der Waals surface area contributed by atoms with Crippen molar-refractivity contribution >= 4 is 29.4 Å². The molecule has 3 heterocycles. The van der Waals surface area contributed by atoms with E-state index in [-0.39, 0.29) is 29.7 Å². The van der Waals surface area contributed by atoms with E-state index in [2.05, 4.69) is 4.37 Å². The number of rotatable bonds is 3. The molecule has 1 aromatic carbocycles. The minimum atomic E-state index is -0.546. The van der Waals surface area contributed by atoms with Crippen molar-refractivity contribution in [3.05, 3.63) is 52.5 Å². The second kappa shape index (κ2) is 6.38. The number of ether oxygens (including phenoxy) is 1. The summed E-state index contributed by atoms with van der Waals surface area (Å²) in [5.74, 6) is -0.203. The Morgan fingerprint density at radius 3 is 2.23 bits per heavy atom. The first kappa shape index (κ1) is 19.2. The van der Waals surface area contributed by atoms with Gasteiger partial charge in [-0.1, -0.05) is 12.1 Å². The second-order valence-electron chi connectivity index (χ2n) is 9.27. The third kappa shape index (κ3) is 2.77. The van der Waals surface area contributed by atoms with Crippen LogP contribution in [0.1, 0.15) is 47.2 Å². The summed E-state index contributed by atoms with van der Waals surface area (Å²) in [5, 5.41) is 1.92. The topological polar surface area (TPSA) is 79.8 Å². The Bertz CT molecular complexity index is 996. The van der Waals surface area contributed by atoms with Crippen molar-refractivity contribution in [2.24, 2.45) is 11.8 Å². The monoisotopic (exact) mass is 425 g/mol. The van der Waals surface area contributed by atoms with Gasteiger partial charge < -0.3 is 9.64 Å². The fourth-order valence-electron chi connectivity index (χ4n) is 5.00. The molecule has 0 spiro atoms. The van der Waals surface area contributed by atoms with E-state index in [0.717, 1.165) is 5.69 Å². The van der Waals surface area contributed by atoms with Crippen LogP contribution in [0.15, 0.2) is 35.7 Å². The van der Waals surface area contributed by atoms with E-state index in [0.29, 0.717) is 30.8 Å². The molecule has 3 amide bonds. The van der Waals surface area contributed by atoms with E-state index in [4.69, 9.17) is 4.74 Å². The Morgan fingerprint density at radius 1 is 1.13 bits per heavy atom. The van der Waals surface area contributed by atoms with E-state index in [1.165, 1.54) is 16.4 Å². The molecule has 1 unspecified atom stereocenters. The van der Waals surface area contributed by atoms with Crippen LogP contribution in [0.25, 0.3) is 0 Å². The fraction of sp³-hybridized carbons (Fsp3) is 0.455. The third-order valence-corrected chi connectivity index (χ3v) is 6.96. The van der Waals surface area contributed by atoms with Crippen LogP contribution < -0.4 is 0 Å². The number of nitrogens with zero attached hydrogens (tertiary/aromatic N) is 3. The zero-order valence-electron chi connectivity index (χ0n) is 17.1. The molecule has 2 aliphatic heterocycles. The van der Waals surface area contributed by atoms with Crippen molar-refractivity contribution in [3.63, 3.8) is 0 Å². The Labute approximate surface area is 178 Å². The minimum Gasteiger partial charge on any atom is -0.444 e. The first-order valence-electron chi connectivity index (χ1n) is 10.1. The number of carbonyl (C=O) groups is 3. The molecule has 2 aromatic rings. The average Bonchev–Trinajstić information content (AvgIpc) is 3.19. The van der Waals surface area contributed by atoms with Crippen LogP contribution in [0.4, 0.5) is 4.79 Å². The highest BCUT2D eigenvalue weighted by atomic mass is 32.1. The van der Waals surface area contributed by atoms with Crippen molar-refractivity contribution in [3.8, 4) is 0 Å². The first-order chi connectivity index (χ1) is 14.2. The highest BCUT2D eigenvalue weighted by molar-refractivity contribution is 7.03. The predicted molar refractivity (Wildman–Crippen MR) is 110 cm³/mol. The zero-order valence-corrected chi connectivity index (χ0v) is 17.9. The summed E-state index contributed by atoms with van der Waals surface area (Å²) in [6.07, 6.45) is -0.317. The number of aromatic nitrogens is 1. The minimum absolute atomic E-state index is 0.149. The lowest BCUT2D eigenvalue weighted by Crippen LogP contribution is -2.44. The van der Waals surface area contributed by atoms with Crippen molar-refractivity contribution in [1.82, 2.24) is 14.2 Å². The highest BCUT2D eigenvalue weighted by Gasteiger charge is 2.71. The number of fused-ring (bicyclic) bond motifs is 2. The molecule has 0 bridgehead atoms. The van der Waals surface area contributed by atoms with E-state index < -0.39 is 11.0 Å². The largest absolute Gasteiger partial charge is 0.444 e. The maximum atomic E-state index is 12.9. The molecule has 1 aliphatic carbocycles. The highest BCUT2D eigenvalue weighted by Crippen LogP contribution is 2.64. The molecular weight excluding hydrogens is 402 g/mol. The maximum absolute atomic E-state index is 12.9. The lowest BCUT2D eigenvalue weighted by Gasteiger charge is -2.30. The number of imide groups is 1. The van der Waals surface area contributed by atoms with Gasteiger partial charge in [0.1, 0.15) is 5.60 Å². The van der Waals surface area contributed by atoms with E-state index >= 15 is 0 Å². The van der Waals surface area contributed by atoms with Gasteiger partial charge in [-0.05, 0) is 62.3 Å². The summed E-state index contributed by atoms with van der Waals surface area (Å²) in [6, 6.07) is 8.91. The second-order valence-corrected chi connectivity index (χ2v) is 9.93. The number of likely N-dealkylation sites (tertiary alicyclic amines) is 1. The molecule has 3 atom stereocenters. The molecule has 5 rings (SSSR count). The van der Waals surface area contributed by atoms with E-state index in [1.807, 2.05) is 32.2 Å². The summed E-state index contributed by atoms with van der Waals surface area (Å²) in [4.78, 5) is 41.5. The molecule has 30 heavy (non-hydrogen) atoms. The summed E-state index contributed by atoms with van der Waals surface area (Å²) in [7, 11) is 0. The fourth-order valence-corrected chi connectivity index (χ4v) is 5.60. The average molecular weight is 426 g/mol. The summed E-state index contributed by atoms with van der Waals surface area (Å²) < 4.78 is 10.1. The molecule has 1 saturated carbocycles. The Kier molecular flexibility index (Phi) is 4.09. The maximum Gasteiger partial charge on any atom is 0.410 e. The van der Waals surface area contributed by atoms with Gasteiger partial charge in [-0.25, -0.2) is 4.79 Å². The SMILES string of the molecule is CC(C)(C)OC(=O)N1C[C@@H]2[C@H](C1)C2(CN1C(=O)c2ccccc2C1=O)c1ccsn1. The van der Waals surface area contributed by atoms with Gasteiger partial charge in [0.05, 0.1) is 16.8 Å². The van der Waals surface area contributed by atoms with Crippen LogP contribution in [0.2, 0.25) is 0 Å². The van der Waals surface area contributed by atoms with Gasteiger partial charge in [-0.3, -0.25) is 14.5 Å². The summed E-state index contributed by atoms with van der Waals surface area (Å²) >= 11 is 1.36. The standard InChI is InChI=1S/C22H23N3O4S/c1-21(2,3)29-20(28)24-10-15-16(11-24)22(15,17-8-9-30-23-17)12-25-18(26)13-6-4-5-7-14(13)19(25)27/h4-9,15-16H,10-12H2,1-3H3/t15-,16+,22?. The number of benzene rings is 1. The summed E-state index contributed by atoms with van der Waals surface area (Å²) in [6.45, 7) is 6.93. The molecule has 0 N–H and O–H groups in total. The smallest absolute Gasteiger partial charge is 0.410 e. The van der Waals surface area contributed by atoms with Crippen molar-refractivity contribution in [2.45, 2.75) is 31.8 Å². The molecular formula is C22H23N3O4S. The number of carbonyl (C=O) groups excluding carboxylic acids is 3. The van der Waals surface area contributed by atoms with E-state index in [1.54, 1.807) is 29.2 Å². The molecule has 8 heteroatoms. The zero-order chi connectivity index (χ0) is 21.3. The lowest BCUT2D eigenvalue weighted by molar-refractivity contribution is 0.0252. The van der Waals surface area contributed by atoms with Gasteiger partial charge in [-0.2, -0.15) is 4.37 Å². The van der Waals surface area contributed by atoms with E-state index in [9.17, 15) is 14.4 Å². The van der Waals surface area contributed by atoms with Gasteiger partial charge in [0.2, 0.25) is 0 Å². The number of piperidine rings is 1. The summed E-state index contributed by atoms with van der Waals surface area (Å²) in [5.41, 5.74) is 0.874. The lowest BCUT2D eigenvalue weighted by atomic mass is 9.94. The van der Waals surface area contributed by atoms with Crippen molar-refractivity contribution < 1.29 is 19.1 Å². The van der Waals surface area contributed by atoms with Crippen LogP contribution in [0.3, 0.4) is 0 Å². The van der Waals surface area contributed by atoms with Crippen LogP contribution >= 0.6 is 11.5 Å². The Hall–Kier alpha value is -2.74. The predicted octanol–water partition coefficient (Wildman–Crippen LogP) is 3.17. The quantitative estimate of drug-likeness (QED) is 0.706. The van der Waals surface area contributed by atoms with Crippen LogP contribution in [-0.4, -0.2) is 57.3 Å². The van der Waals surface area contributed by atoms with Crippen molar-refractivity contribution in [2.75, 3.05) is 19.6 Å². The van der Waals surface area contributed by atoms with Gasteiger partial charge in [-0.15, -0.1) is 0 Å². The molecule has 0 radical (unpaired) electrons. The van der Waals surface area contributed by atoms with Gasteiger partial charge in [0.25, 0.3) is 11.8 Å². The molecule has 2 fully saturated rings. The van der Waals surface area contributed by atoms with Crippen LogP contribution in [0.5, 0.6) is 0 Å². The Balaban J connectivity index is 1.39.